The first-order valence-electron chi connectivity index (χ1n) is 5.77. The fourth-order valence-corrected chi connectivity index (χ4v) is 23.0. The van der Waals surface area contributed by atoms with Crippen LogP contribution in [0.3, 0.4) is 0 Å². The number of hydrogen-bond donors (Lipinski definition) is 1. The summed E-state index contributed by atoms with van der Waals surface area (Å²) in [5, 5.41) is 3.38. The Balaban J connectivity index is 0.000000494. The molecule has 112 valence electrons. The Morgan fingerprint density at radius 1 is 1.39 bits per heavy atom. The third kappa shape index (κ3) is 15.6. The molecule has 0 bridgehead atoms. The number of hydrogen-bond acceptors (Lipinski definition) is 4. The van der Waals surface area contributed by atoms with E-state index in [1.807, 2.05) is 0 Å². The zero-order chi connectivity index (χ0) is 13.9. The van der Waals surface area contributed by atoms with E-state index in [0.29, 0.717) is 0 Å². The van der Waals surface area contributed by atoms with Crippen molar-refractivity contribution in [3.8, 4) is 0 Å². The second-order valence-corrected chi connectivity index (χ2v) is 22.6. The van der Waals surface area contributed by atoms with E-state index in [1.54, 1.807) is 0 Å². The van der Waals surface area contributed by atoms with Crippen molar-refractivity contribution in [3.63, 3.8) is 0 Å². The number of piperazine rings is 1. The summed E-state index contributed by atoms with van der Waals surface area (Å²) in [5.74, 6) is 1.33. The molecule has 0 atom stereocenters. The van der Waals surface area contributed by atoms with E-state index in [9.17, 15) is 0 Å². The van der Waals surface area contributed by atoms with Gasteiger partial charge >= 0.3 is 73.2 Å². The first-order chi connectivity index (χ1) is 8.49. The van der Waals surface area contributed by atoms with Crippen LogP contribution >= 0.6 is 65.5 Å². The minimum atomic E-state index is -0.867. The zero-order valence-corrected chi connectivity index (χ0v) is 21.5. The molecule has 0 aromatic carbocycles. The van der Waals surface area contributed by atoms with Crippen LogP contribution in [0.1, 0.15) is 0 Å². The molecule has 1 N–H and O–H groups in total. The van der Waals surface area contributed by atoms with E-state index in [1.165, 1.54) is 38.5 Å². The fourth-order valence-electron chi connectivity index (χ4n) is 1.42. The van der Waals surface area contributed by atoms with Gasteiger partial charge in [0.2, 0.25) is 0 Å². The zero-order valence-electron chi connectivity index (χ0n) is 11.1. The van der Waals surface area contributed by atoms with Gasteiger partial charge in [-0.05, 0) is 0 Å². The molecule has 0 aromatic rings. The molecule has 1 rings (SSSR count). The summed E-state index contributed by atoms with van der Waals surface area (Å²) in [6.45, 7) is 13.4. The molecule has 3 nitrogen and oxygen atoms in total. The molecule has 18 heavy (non-hydrogen) atoms. The van der Waals surface area contributed by atoms with Crippen molar-refractivity contribution in [1.29, 1.82) is 0 Å². The SMILES string of the molecule is C[Si](C)(C)SCCN1CCNCC1.II=N[I-]I. The molecule has 0 aliphatic carbocycles. The van der Waals surface area contributed by atoms with E-state index >= 15 is 0 Å². The third-order valence-corrected chi connectivity index (χ3v) is 21.2. The van der Waals surface area contributed by atoms with Gasteiger partial charge in [0.15, 0.2) is 0 Å². The molecular weight excluding hydrogens is 718 g/mol. The van der Waals surface area contributed by atoms with Crippen LogP contribution in [0.2, 0.25) is 19.6 Å². The fraction of sp³-hybridized carbons (Fsp3) is 1.00. The average molecular weight is 740 g/mol. The molecule has 0 radical (unpaired) electrons. The third-order valence-electron chi connectivity index (χ3n) is 2.20. The van der Waals surface area contributed by atoms with Crippen molar-refractivity contribution in [2.45, 2.75) is 19.6 Å². The summed E-state index contributed by atoms with van der Waals surface area (Å²) < 4.78 is 4.17. The molecule has 9 heteroatoms. The summed E-state index contributed by atoms with van der Waals surface area (Å²) in [6, 6.07) is 0. The van der Waals surface area contributed by atoms with Crippen LogP contribution in [0.25, 0.3) is 0 Å². The average Bonchev–Trinajstić information content (AvgIpc) is 2.30. The Kier molecular flexibility index (Phi) is 16.3. The predicted molar refractivity (Wildman–Crippen MR) is 110 cm³/mol. The van der Waals surface area contributed by atoms with E-state index in [0.717, 1.165) is 0 Å². The van der Waals surface area contributed by atoms with Gasteiger partial charge in [-0.15, -0.1) is 0 Å². The summed E-state index contributed by atoms with van der Waals surface area (Å²) in [7, 11) is -0.867. The first kappa shape index (κ1) is 21.2. The molecule has 0 saturated carbocycles. The van der Waals surface area contributed by atoms with Crippen molar-refractivity contribution in [2.24, 2.45) is 1.36 Å². The quantitative estimate of drug-likeness (QED) is 0.341. The normalized spacial score (nSPS) is 18.3. The Labute approximate surface area is 157 Å². The second-order valence-electron chi connectivity index (χ2n) is 4.74. The van der Waals surface area contributed by atoms with Crippen molar-refractivity contribution in [2.75, 3.05) is 38.5 Å². The van der Waals surface area contributed by atoms with Gasteiger partial charge in [-0.3, -0.25) is 0 Å². The van der Waals surface area contributed by atoms with Crippen LogP contribution < -0.4 is 22.8 Å². The van der Waals surface area contributed by atoms with Gasteiger partial charge in [0.1, 0.15) is 7.22 Å². The van der Waals surface area contributed by atoms with Gasteiger partial charge in [0.25, 0.3) is 0 Å². The summed E-state index contributed by atoms with van der Waals surface area (Å²) in [4.78, 5) is 2.57. The molecule has 1 heterocycles. The molecule has 1 aliphatic rings. The second kappa shape index (κ2) is 13.8. The molecule has 0 amide bonds. The molecule has 1 aliphatic heterocycles. The molecule has 0 aromatic heterocycles. The van der Waals surface area contributed by atoms with Gasteiger partial charge in [-0.1, -0.05) is 19.6 Å². The molecular formula is C9H22I4N3SSi-. The van der Waals surface area contributed by atoms with Crippen molar-refractivity contribution in [3.05, 3.63) is 0 Å². The van der Waals surface area contributed by atoms with Crippen LogP contribution in [-0.2, 0) is 0 Å². The minimum absolute atomic E-state index is 0.244. The topological polar surface area (TPSA) is 27.6 Å². The molecule has 1 fully saturated rings. The number of nitrogens with one attached hydrogen (secondary N) is 1. The van der Waals surface area contributed by atoms with E-state index in [4.69, 9.17) is 0 Å². The Bertz CT molecular complexity index is 222. The summed E-state index contributed by atoms with van der Waals surface area (Å²) in [6.07, 6.45) is 0. The van der Waals surface area contributed by atoms with Crippen LogP contribution in [-0.4, -0.2) is 50.6 Å². The van der Waals surface area contributed by atoms with Gasteiger partial charge in [0, 0.05) is 38.5 Å². The standard InChI is InChI=1S/C9H22N2SSi.I4N/c1-13(2,3)12-9-8-11-6-4-10-5-7-11;1-3-5-4-2/h10H,4-9H2,1-3H3;/q;-1. The molecule has 0 unspecified atom stereocenters. The van der Waals surface area contributed by atoms with Crippen molar-refractivity contribution >= 4 is 72.7 Å². The van der Waals surface area contributed by atoms with Crippen molar-refractivity contribution in [1.82, 2.24) is 10.2 Å². The monoisotopic (exact) mass is 740 g/mol. The van der Waals surface area contributed by atoms with Crippen LogP contribution in [0.5, 0.6) is 0 Å². The first-order valence-corrected chi connectivity index (χ1v) is 25.5. The summed E-state index contributed by atoms with van der Waals surface area (Å²) >= 11 is 7.40. The maximum atomic E-state index is 4.17. The van der Waals surface area contributed by atoms with Gasteiger partial charge < -0.3 is 10.2 Å². The van der Waals surface area contributed by atoms with E-state index in [-0.39, 0.29) is 34.6 Å². The Morgan fingerprint density at radius 2 is 2.00 bits per heavy atom. The Hall–Kier alpha value is 3.21. The van der Waals surface area contributed by atoms with E-state index in [2.05, 4.69) is 79.7 Å². The maximum absolute atomic E-state index is 4.17. The van der Waals surface area contributed by atoms with Crippen LogP contribution in [0.4, 0.5) is 0 Å². The van der Waals surface area contributed by atoms with Crippen molar-refractivity contribution < 1.29 is 17.5 Å². The number of rotatable bonds is 5. The molecule has 0 spiro atoms. The van der Waals surface area contributed by atoms with Gasteiger partial charge in [0.05, 0.1) is 0 Å². The van der Waals surface area contributed by atoms with E-state index < -0.39 is 7.22 Å². The van der Waals surface area contributed by atoms with Gasteiger partial charge in [-0.2, -0.15) is 11.2 Å². The number of nitrogens with zero attached hydrogens (tertiary/aromatic N) is 2. The number of halogens is 4. The predicted octanol–water partition coefficient (Wildman–Crippen LogP) is 1.30. The summed E-state index contributed by atoms with van der Waals surface area (Å²) in [5.41, 5.74) is 0. The molecule has 1 saturated heterocycles. The van der Waals surface area contributed by atoms with Gasteiger partial charge in [-0.25, -0.2) is 0 Å². The van der Waals surface area contributed by atoms with Crippen LogP contribution in [0, 0.1) is 0 Å². The Morgan fingerprint density at radius 3 is 2.39 bits per heavy atom. The van der Waals surface area contributed by atoms with Crippen LogP contribution in [0.15, 0.2) is 1.36 Å².